The van der Waals surface area contributed by atoms with E-state index in [1.807, 2.05) is 13.8 Å². The van der Waals surface area contributed by atoms with E-state index in [4.69, 9.17) is 5.73 Å². The summed E-state index contributed by atoms with van der Waals surface area (Å²) in [6, 6.07) is 2.17. The predicted octanol–water partition coefficient (Wildman–Crippen LogP) is 2.52. The number of carbonyl (C=O) groups excluding carboxylic acids is 1. The molecular formula is C14H20F2N2O. The van der Waals surface area contributed by atoms with E-state index in [-0.39, 0.29) is 11.5 Å². The van der Waals surface area contributed by atoms with Crippen LogP contribution in [0, 0.1) is 17.6 Å². The Bertz CT molecular complexity index is 431. The van der Waals surface area contributed by atoms with E-state index in [0.717, 1.165) is 18.6 Å². The van der Waals surface area contributed by atoms with Gasteiger partial charge in [-0.1, -0.05) is 26.3 Å². The monoisotopic (exact) mass is 270 g/mol. The third-order valence-corrected chi connectivity index (χ3v) is 3.35. The summed E-state index contributed by atoms with van der Waals surface area (Å²) in [5, 5.41) is 2.55. The molecule has 0 aliphatic heterocycles. The molecule has 0 bridgehead atoms. The van der Waals surface area contributed by atoms with Crippen LogP contribution < -0.4 is 11.1 Å². The number of rotatable bonds is 5. The van der Waals surface area contributed by atoms with Gasteiger partial charge in [-0.3, -0.25) is 4.79 Å². The number of nitrogens with one attached hydrogen (secondary N) is 1. The van der Waals surface area contributed by atoms with Crippen molar-refractivity contribution in [2.75, 3.05) is 0 Å². The minimum Gasteiger partial charge on any atom is -0.348 e. The minimum atomic E-state index is -0.760. The molecule has 2 unspecified atom stereocenters. The van der Waals surface area contributed by atoms with Crippen LogP contribution in [0.25, 0.3) is 0 Å². The van der Waals surface area contributed by atoms with Gasteiger partial charge >= 0.3 is 0 Å². The second kappa shape index (κ2) is 6.61. The molecule has 1 aromatic carbocycles. The molecule has 1 aromatic rings. The standard InChI is InChI=1S/C14H20F2N2O/c1-4-8(2)13(17)14(19)18-9(3)12-10(15)6-5-7-11(12)16/h5-9,13H,4,17H2,1-3H3,(H,18,19)/t8?,9?,13-/m0/s1. The van der Waals surface area contributed by atoms with Gasteiger partial charge < -0.3 is 11.1 Å². The number of halogens is 2. The molecule has 0 fully saturated rings. The van der Waals surface area contributed by atoms with Crippen LogP contribution in [0.3, 0.4) is 0 Å². The van der Waals surface area contributed by atoms with E-state index < -0.39 is 29.6 Å². The molecule has 3 N–H and O–H groups in total. The van der Waals surface area contributed by atoms with Crippen LogP contribution in [0.5, 0.6) is 0 Å². The quantitative estimate of drug-likeness (QED) is 0.863. The maximum Gasteiger partial charge on any atom is 0.237 e. The van der Waals surface area contributed by atoms with Gasteiger partial charge in [-0.2, -0.15) is 0 Å². The maximum atomic E-state index is 13.6. The highest BCUT2D eigenvalue weighted by molar-refractivity contribution is 5.82. The van der Waals surface area contributed by atoms with Crippen LogP contribution in [0.2, 0.25) is 0 Å². The smallest absolute Gasteiger partial charge is 0.237 e. The van der Waals surface area contributed by atoms with Gasteiger partial charge in [0.2, 0.25) is 5.91 Å². The van der Waals surface area contributed by atoms with E-state index >= 15 is 0 Å². The summed E-state index contributed by atoms with van der Waals surface area (Å²) in [4.78, 5) is 11.9. The zero-order valence-electron chi connectivity index (χ0n) is 11.4. The summed E-state index contributed by atoms with van der Waals surface area (Å²) >= 11 is 0. The van der Waals surface area contributed by atoms with Gasteiger partial charge in [-0.15, -0.1) is 0 Å². The van der Waals surface area contributed by atoms with Crippen LogP contribution in [-0.4, -0.2) is 11.9 Å². The molecule has 0 radical (unpaired) electrons. The molecule has 0 saturated carbocycles. The number of nitrogens with two attached hydrogens (primary N) is 1. The van der Waals surface area contributed by atoms with Gasteiger partial charge in [-0.25, -0.2) is 8.78 Å². The largest absolute Gasteiger partial charge is 0.348 e. The van der Waals surface area contributed by atoms with Gasteiger partial charge in [0.25, 0.3) is 0 Å². The van der Waals surface area contributed by atoms with E-state index in [0.29, 0.717) is 0 Å². The second-order valence-electron chi connectivity index (χ2n) is 4.78. The van der Waals surface area contributed by atoms with Crippen molar-refractivity contribution in [2.24, 2.45) is 11.7 Å². The van der Waals surface area contributed by atoms with Gasteiger partial charge in [0, 0.05) is 5.56 Å². The molecule has 0 aliphatic carbocycles. The highest BCUT2D eigenvalue weighted by atomic mass is 19.1. The van der Waals surface area contributed by atoms with Gasteiger partial charge in [0.15, 0.2) is 0 Å². The van der Waals surface area contributed by atoms with Crippen LogP contribution >= 0.6 is 0 Å². The molecule has 1 rings (SSSR count). The number of hydrogen-bond donors (Lipinski definition) is 2. The fourth-order valence-electron chi connectivity index (χ4n) is 1.82. The highest BCUT2D eigenvalue weighted by Crippen LogP contribution is 2.20. The molecule has 106 valence electrons. The molecule has 5 heteroatoms. The average Bonchev–Trinajstić information content (AvgIpc) is 2.36. The minimum absolute atomic E-state index is 0.0117. The number of carbonyl (C=O) groups is 1. The van der Waals surface area contributed by atoms with Crippen molar-refractivity contribution in [3.8, 4) is 0 Å². The molecule has 3 atom stereocenters. The average molecular weight is 270 g/mol. The van der Waals surface area contributed by atoms with E-state index in [1.54, 1.807) is 0 Å². The Morgan fingerprint density at radius 1 is 1.32 bits per heavy atom. The Labute approximate surface area is 112 Å². The van der Waals surface area contributed by atoms with E-state index in [9.17, 15) is 13.6 Å². The number of hydrogen-bond acceptors (Lipinski definition) is 2. The first-order valence-electron chi connectivity index (χ1n) is 6.38. The predicted molar refractivity (Wildman–Crippen MR) is 70.3 cm³/mol. The summed E-state index contributed by atoms with van der Waals surface area (Å²) in [6.45, 7) is 5.32. The number of benzene rings is 1. The van der Waals surface area contributed by atoms with Crippen LogP contribution in [-0.2, 0) is 4.79 Å². The summed E-state index contributed by atoms with van der Waals surface area (Å²) in [7, 11) is 0. The van der Waals surface area contributed by atoms with Crippen molar-refractivity contribution in [3.05, 3.63) is 35.4 Å². The highest BCUT2D eigenvalue weighted by Gasteiger charge is 2.23. The fraction of sp³-hybridized carbons (Fsp3) is 0.500. The fourth-order valence-corrected chi connectivity index (χ4v) is 1.82. The van der Waals surface area contributed by atoms with Crippen LogP contribution in [0.1, 0.15) is 38.8 Å². The molecule has 0 heterocycles. The Balaban J connectivity index is 2.80. The molecular weight excluding hydrogens is 250 g/mol. The van der Waals surface area contributed by atoms with E-state index in [1.165, 1.54) is 13.0 Å². The molecule has 0 saturated heterocycles. The van der Waals surface area contributed by atoms with Crippen molar-refractivity contribution in [2.45, 2.75) is 39.3 Å². The number of amides is 1. The topological polar surface area (TPSA) is 55.1 Å². The van der Waals surface area contributed by atoms with Crippen LogP contribution in [0.15, 0.2) is 18.2 Å². The van der Waals surface area contributed by atoms with Crippen molar-refractivity contribution in [3.63, 3.8) is 0 Å². The van der Waals surface area contributed by atoms with Crippen molar-refractivity contribution >= 4 is 5.91 Å². The lowest BCUT2D eigenvalue weighted by Gasteiger charge is -2.21. The summed E-state index contributed by atoms with van der Waals surface area (Å²) < 4.78 is 27.1. The summed E-state index contributed by atoms with van der Waals surface area (Å²) in [6.07, 6.45) is 0.761. The third-order valence-electron chi connectivity index (χ3n) is 3.35. The zero-order valence-corrected chi connectivity index (χ0v) is 11.4. The van der Waals surface area contributed by atoms with Gasteiger partial charge in [0.05, 0.1) is 12.1 Å². The van der Waals surface area contributed by atoms with Crippen molar-refractivity contribution in [1.82, 2.24) is 5.32 Å². The Morgan fingerprint density at radius 2 is 1.84 bits per heavy atom. The molecule has 0 aromatic heterocycles. The van der Waals surface area contributed by atoms with E-state index in [2.05, 4.69) is 5.32 Å². The molecule has 0 spiro atoms. The second-order valence-corrected chi connectivity index (χ2v) is 4.78. The molecule has 0 aliphatic rings. The first-order valence-corrected chi connectivity index (χ1v) is 6.38. The Morgan fingerprint density at radius 3 is 2.32 bits per heavy atom. The Kier molecular flexibility index (Phi) is 5.42. The normalized spacial score (nSPS) is 15.7. The third kappa shape index (κ3) is 3.73. The van der Waals surface area contributed by atoms with Crippen molar-refractivity contribution in [1.29, 1.82) is 0 Å². The van der Waals surface area contributed by atoms with Gasteiger partial charge in [0.1, 0.15) is 11.6 Å². The summed E-state index contributed by atoms with van der Waals surface area (Å²) in [5.41, 5.74) is 5.63. The lowest BCUT2D eigenvalue weighted by Crippen LogP contribution is -2.45. The zero-order chi connectivity index (χ0) is 14.6. The lowest BCUT2D eigenvalue weighted by atomic mass is 9.98. The van der Waals surface area contributed by atoms with Gasteiger partial charge in [-0.05, 0) is 25.0 Å². The first-order chi connectivity index (χ1) is 8.88. The first kappa shape index (κ1) is 15.6. The summed E-state index contributed by atoms with van der Waals surface area (Å²) in [5.74, 6) is -1.74. The van der Waals surface area contributed by atoms with Crippen LogP contribution in [0.4, 0.5) is 8.78 Å². The molecule has 19 heavy (non-hydrogen) atoms. The van der Waals surface area contributed by atoms with Crippen molar-refractivity contribution < 1.29 is 13.6 Å². The Hall–Kier alpha value is -1.49. The SMILES string of the molecule is CCC(C)[C@H](N)C(=O)NC(C)c1c(F)cccc1F. The maximum absolute atomic E-state index is 13.6. The lowest BCUT2D eigenvalue weighted by molar-refractivity contribution is -0.124. The molecule has 3 nitrogen and oxygen atoms in total. The molecule has 1 amide bonds.